The number of carbonyl (C=O) groups excluding carboxylic acids is 2. The monoisotopic (exact) mass is 682 g/mol. The van der Waals surface area contributed by atoms with Gasteiger partial charge in [0.25, 0.3) is 0 Å². The maximum absolute atomic E-state index is 13.0. The van der Waals surface area contributed by atoms with Gasteiger partial charge in [-0.3, -0.25) is 9.59 Å². The third kappa shape index (κ3) is 29.7. The van der Waals surface area contributed by atoms with Gasteiger partial charge in [-0.2, -0.15) is 0 Å². The highest BCUT2D eigenvalue weighted by molar-refractivity contribution is 5.70. The van der Waals surface area contributed by atoms with E-state index in [1.165, 1.54) is 96.3 Å². The molecule has 0 heterocycles. The number of ether oxygens (including phenoxy) is 2. The van der Waals surface area contributed by atoms with Gasteiger partial charge in [-0.25, -0.2) is 0 Å². The molecule has 0 aromatic rings. The number of nitrogens with zero attached hydrogens (tertiary/aromatic N) is 1. The van der Waals surface area contributed by atoms with E-state index in [-0.39, 0.29) is 24.1 Å². The average Bonchev–Trinajstić information content (AvgIpc) is 3.08. The molecule has 1 unspecified atom stereocenters. The highest BCUT2D eigenvalue weighted by atomic mass is 16.6. The van der Waals surface area contributed by atoms with Crippen molar-refractivity contribution in [3.8, 4) is 0 Å². The zero-order chi connectivity index (χ0) is 35.4. The summed E-state index contributed by atoms with van der Waals surface area (Å²) >= 11 is 0. The summed E-state index contributed by atoms with van der Waals surface area (Å²) in [4.78, 5) is 27.2. The second-order valence-electron chi connectivity index (χ2n) is 14.6. The Morgan fingerprint density at radius 3 is 1.40 bits per heavy atom. The lowest BCUT2D eigenvalue weighted by atomic mass is 9.87. The van der Waals surface area contributed by atoms with Gasteiger partial charge in [-0.15, -0.1) is 0 Å². The number of unbranched alkanes of at least 4 members (excludes halogenated alkanes) is 20. The number of carbonyl (C=O) groups is 2. The number of esters is 2. The number of rotatable bonds is 38. The molecule has 0 aromatic carbocycles. The van der Waals surface area contributed by atoms with Crippen molar-refractivity contribution in [2.75, 3.05) is 32.8 Å². The highest BCUT2D eigenvalue weighted by Gasteiger charge is 2.31. The Kier molecular flexibility index (Phi) is 34.8. The smallest absolute Gasteiger partial charge is 0.306 e. The Labute approximate surface area is 299 Å². The van der Waals surface area contributed by atoms with Crippen LogP contribution in [0.3, 0.4) is 0 Å². The van der Waals surface area contributed by atoms with E-state index in [2.05, 4.69) is 32.6 Å². The Morgan fingerprint density at radius 2 is 0.917 bits per heavy atom. The summed E-state index contributed by atoms with van der Waals surface area (Å²) in [5, 5.41) is 9.53. The molecule has 0 bridgehead atoms. The molecule has 0 spiro atoms. The van der Waals surface area contributed by atoms with E-state index in [4.69, 9.17) is 9.47 Å². The van der Waals surface area contributed by atoms with Gasteiger partial charge in [0.05, 0.1) is 13.2 Å². The van der Waals surface area contributed by atoms with Crippen LogP contribution in [0.4, 0.5) is 0 Å². The predicted octanol–water partition coefficient (Wildman–Crippen LogP) is 11.9. The summed E-state index contributed by atoms with van der Waals surface area (Å²) in [5.74, 6) is -0.0235. The van der Waals surface area contributed by atoms with Crippen LogP contribution < -0.4 is 0 Å². The van der Waals surface area contributed by atoms with E-state index >= 15 is 0 Å². The van der Waals surface area contributed by atoms with Crippen LogP contribution in [-0.4, -0.2) is 60.4 Å². The minimum absolute atomic E-state index is 0.0169. The first-order valence-electron chi connectivity index (χ1n) is 21.2. The molecule has 0 saturated heterocycles. The van der Waals surface area contributed by atoms with Crippen LogP contribution in [0.2, 0.25) is 0 Å². The van der Waals surface area contributed by atoms with Crippen LogP contribution in [0.25, 0.3) is 0 Å². The van der Waals surface area contributed by atoms with Crippen molar-refractivity contribution in [2.24, 2.45) is 0 Å². The normalized spacial score (nSPS) is 12.8. The minimum Gasteiger partial charge on any atom is -0.466 e. The SMILES string of the molecule is CCCCCCCCC(CC)(CCCCCCC)OC(=O)CCCCCCCN(CCO)CCCCCCCC(=O)OCCCCCC. The van der Waals surface area contributed by atoms with Crippen molar-refractivity contribution in [2.45, 2.75) is 226 Å². The van der Waals surface area contributed by atoms with Crippen LogP contribution in [0, 0.1) is 0 Å². The third-order valence-electron chi connectivity index (χ3n) is 10.1. The molecule has 0 aromatic heterocycles. The van der Waals surface area contributed by atoms with E-state index < -0.39 is 0 Å². The molecule has 0 aliphatic carbocycles. The molecule has 0 amide bonds. The standard InChI is InChI=1S/C42H83NO5/c1-5-9-12-15-21-27-34-42(8-4,33-26-20-13-10-6-2)48-41(46)32-25-19-17-23-29-36-43(37-38-44)35-28-22-16-18-24-31-40(45)47-39-30-14-11-7-3/h44H,5-39H2,1-4H3. The lowest BCUT2D eigenvalue weighted by molar-refractivity contribution is -0.162. The summed E-state index contributed by atoms with van der Waals surface area (Å²) in [6, 6.07) is 0. The molecule has 1 atom stereocenters. The van der Waals surface area contributed by atoms with Crippen LogP contribution in [-0.2, 0) is 19.1 Å². The van der Waals surface area contributed by atoms with Gasteiger partial charge in [0.1, 0.15) is 5.60 Å². The Balaban J connectivity index is 4.17. The quantitative estimate of drug-likeness (QED) is 0.0516. The van der Waals surface area contributed by atoms with Gasteiger partial charge >= 0.3 is 11.9 Å². The van der Waals surface area contributed by atoms with Crippen molar-refractivity contribution in [1.29, 1.82) is 0 Å². The molecule has 286 valence electrons. The maximum Gasteiger partial charge on any atom is 0.306 e. The van der Waals surface area contributed by atoms with Crippen molar-refractivity contribution >= 4 is 11.9 Å². The first-order chi connectivity index (χ1) is 23.5. The number of aliphatic hydroxyl groups excluding tert-OH is 1. The second-order valence-corrected chi connectivity index (χ2v) is 14.6. The molecular formula is C42H83NO5. The van der Waals surface area contributed by atoms with E-state index in [1.807, 2.05) is 0 Å². The van der Waals surface area contributed by atoms with Gasteiger partial charge in [0.2, 0.25) is 0 Å². The van der Waals surface area contributed by atoms with Crippen LogP contribution >= 0.6 is 0 Å². The fourth-order valence-electron chi connectivity index (χ4n) is 6.76. The summed E-state index contributed by atoms with van der Waals surface area (Å²) in [7, 11) is 0. The topological polar surface area (TPSA) is 76.1 Å². The predicted molar refractivity (Wildman–Crippen MR) is 205 cm³/mol. The third-order valence-corrected chi connectivity index (χ3v) is 10.1. The summed E-state index contributed by atoms with van der Waals surface area (Å²) in [5.41, 5.74) is -0.258. The first kappa shape index (κ1) is 46.9. The highest BCUT2D eigenvalue weighted by Crippen LogP contribution is 2.31. The zero-order valence-corrected chi connectivity index (χ0v) is 32.8. The van der Waals surface area contributed by atoms with Crippen molar-refractivity contribution < 1.29 is 24.2 Å². The lowest BCUT2D eigenvalue weighted by Crippen LogP contribution is -2.34. The van der Waals surface area contributed by atoms with Gasteiger partial charge in [-0.05, 0) is 77.3 Å². The van der Waals surface area contributed by atoms with Crippen molar-refractivity contribution in [1.82, 2.24) is 4.90 Å². The molecule has 0 aliphatic heterocycles. The molecule has 48 heavy (non-hydrogen) atoms. The van der Waals surface area contributed by atoms with Gasteiger partial charge in [0.15, 0.2) is 0 Å². The molecule has 0 fully saturated rings. The Hall–Kier alpha value is -1.14. The summed E-state index contributed by atoms with van der Waals surface area (Å²) in [6.07, 6.45) is 33.4. The summed E-state index contributed by atoms with van der Waals surface area (Å²) in [6.45, 7) is 12.5. The average molecular weight is 682 g/mol. The second kappa shape index (κ2) is 35.7. The van der Waals surface area contributed by atoms with E-state index in [0.29, 0.717) is 19.4 Å². The van der Waals surface area contributed by atoms with Gasteiger partial charge < -0.3 is 19.5 Å². The molecule has 1 N–H and O–H groups in total. The van der Waals surface area contributed by atoms with Crippen LogP contribution in [0.1, 0.15) is 220 Å². The van der Waals surface area contributed by atoms with E-state index in [1.54, 1.807) is 0 Å². The van der Waals surface area contributed by atoms with Crippen LogP contribution in [0.15, 0.2) is 0 Å². The van der Waals surface area contributed by atoms with Gasteiger partial charge in [0, 0.05) is 19.4 Å². The molecular weight excluding hydrogens is 598 g/mol. The van der Waals surface area contributed by atoms with Crippen LogP contribution in [0.5, 0.6) is 0 Å². The lowest BCUT2D eigenvalue weighted by Gasteiger charge is -2.33. The summed E-state index contributed by atoms with van der Waals surface area (Å²) < 4.78 is 11.7. The molecule has 6 heteroatoms. The number of hydrogen-bond acceptors (Lipinski definition) is 6. The van der Waals surface area contributed by atoms with Gasteiger partial charge in [-0.1, -0.05) is 143 Å². The molecule has 0 rings (SSSR count). The number of hydrogen-bond donors (Lipinski definition) is 1. The molecule has 0 aliphatic rings. The minimum atomic E-state index is -0.258. The number of aliphatic hydroxyl groups is 1. The van der Waals surface area contributed by atoms with Crippen molar-refractivity contribution in [3.63, 3.8) is 0 Å². The maximum atomic E-state index is 13.0. The Morgan fingerprint density at radius 1 is 0.500 bits per heavy atom. The van der Waals surface area contributed by atoms with Crippen molar-refractivity contribution in [3.05, 3.63) is 0 Å². The largest absolute Gasteiger partial charge is 0.466 e. The molecule has 0 saturated carbocycles. The molecule has 6 nitrogen and oxygen atoms in total. The molecule has 0 radical (unpaired) electrons. The first-order valence-corrected chi connectivity index (χ1v) is 21.2. The van der Waals surface area contributed by atoms with E-state index in [9.17, 15) is 14.7 Å². The Bertz CT molecular complexity index is 702. The zero-order valence-electron chi connectivity index (χ0n) is 32.8. The fraction of sp³-hybridized carbons (Fsp3) is 0.952. The fourth-order valence-corrected chi connectivity index (χ4v) is 6.76. The van der Waals surface area contributed by atoms with E-state index in [0.717, 1.165) is 103 Å².